The number of hydrogen-bond donors (Lipinski definition) is 1. The van der Waals surface area contributed by atoms with Crippen molar-refractivity contribution in [2.75, 3.05) is 12.4 Å². The molecule has 1 atom stereocenters. The lowest BCUT2D eigenvalue weighted by molar-refractivity contribution is -0.00173. The lowest BCUT2D eigenvalue weighted by Gasteiger charge is -2.24. The summed E-state index contributed by atoms with van der Waals surface area (Å²) in [6.45, 7) is 5.05. The Kier molecular flexibility index (Phi) is 5.31. The molecule has 0 aliphatic carbocycles. The number of benzene rings is 2. The lowest BCUT2D eigenvalue weighted by atomic mass is 10.0. The summed E-state index contributed by atoms with van der Waals surface area (Å²) in [5.41, 5.74) is 3.97. The molecule has 0 unspecified atom stereocenters. The second-order valence-electron chi connectivity index (χ2n) is 7.37. The first kappa shape index (κ1) is 19.1. The molecule has 4 rings (SSSR count). The van der Waals surface area contributed by atoms with Crippen LogP contribution in [0.4, 0.5) is 5.69 Å². The summed E-state index contributed by atoms with van der Waals surface area (Å²) in [6, 6.07) is 15.6. The van der Waals surface area contributed by atoms with E-state index in [9.17, 15) is 4.79 Å². The van der Waals surface area contributed by atoms with Crippen molar-refractivity contribution in [3.05, 3.63) is 71.0 Å². The first-order valence-electron chi connectivity index (χ1n) is 9.64. The SMILES string of the molecule is COc1ccc([C@@H]2Cn3nnc(C(=O)Nc4ccc(C(C)C)cc4)c3CO2)cc1. The van der Waals surface area contributed by atoms with Crippen LogP contribution in [0.2, 0.25) is 0 Å². The van der Waals surface area contributed by atoms with E-state index in [0.717, 1.165) is 17.0 Å². The summed E-state index contributed by atoms with van der Waals surface area (Å²) in [5.74, 6) is 0.960. The molecule has 0 bridgehead atoms. The maximum absolute atomic E-state index is 12.7. The van der Waals surface area contributed by atoms with Crippen molar-refractivity contribution in [2.45, 2.75) is 39.0 Å². The number of fused-ring (bicyclic) bond motifs is 1. The van der Waals surface area contributed by atoms with E-state index < -0.39 is 0 Å². The summed E-state index contributed by atoms with van der Waals surface area (Å²) < 4.78 is 12.9. The summed E-state index contributed by atoms with van der Waals surface area (Å²) >= 11 is 0. The van der Waals surface area contributed by atoms with Crippen LogP contribution in [0.3, 0.4) is 0 Å². The van der Waals surface area contributed by atoms with E-state index in [4.69, 9.17) is 9.47 Å². The molecule has 1 aliphatic heterocycles. The molecule has 1 aliphatic rings. The zero-order valence-corrected chi connectivity index (χ0v) is 16.8. The number of amides is 1. The van der Waals surface area contributed by atoms with Gasteiger partial charge in [-0.1, -0.05) is 43.3 Å². The van der Waals surface area contributed by atoms with Crippen LogP contribution in [0.15, 0.2) is 48.5 Å². The van der Waals surface area contributed by atoms with Crippen LogP contribution < -0.4 is 10.1 Å². The van der Waals surface area contributed by atoms with Crippen molar-refractivity contribution in [3.8, 4) is 5.75 Å². The topological polar surface area (TPSA) is 78.3 Å². The fourth-order valence-corrected chi connectivity index (χ4v) is 3.35. The normalized spacial score (nSPS) is 15.8. The van der Waals surface area contributed by atoms with Crippen LogP contribution in [-0.4, -0.2) is 28.0 Å². The molecular formula is C22H24N4O3. The molecule has 0 saturated carbocycles. The minimum Gasteiger partial charge on any atom is -0.497 e. The average Bonchev–Trinajstić information content (AvgIpc) is 3.17. The van der Waals surface area contributed by atoms with Gasteiger partial charge in [-0.3, -0.25) is 4.79 Å². The standard InChI is InChI=1S/C22H24N4O3/c1-14(2)15-4-8-17(9-5-15)23-22(27)21-19-13-29-20(12-26(19)25-24-21)16-6-10-18(28-3)11-7-16/h4-11,14,20H,12-13H2,1-3H3,(H,23,27)/t20-/m0/s1. The number of anilines is 1. The Morgan fingerprint density at radius 1 is 1.17 bits per heavy atom. The van der Waals surface area contributed by atoms with Gasteiger partial charge in [0.25, 0.3) is 5.91 Å². The summed E-state index contributed by atoms with van der Waals surface area (Å²) in [6.07, 6.45) is -0.144. The highest BCUT2D eigenvalue weighted by Gasteiger charge is 2.27. The van der Waals surface area contributed by atoms with Crippen LogP contribution >= 0.6 is 0 Å². The number of ether oxygens (including phenoxy) is 2. The predicted molar refractivity (Wildman–Crippen MR) is 109 cm³/mol. The quantitative estimate of drug-likeness (QED) is 0.712. The van der Waals surface area contributed by atoms with Crippen LogP contribution in [-0.2, 0) is 17.9 Å². The molecule has 1 aromatic heterocycles. The molecule has 29 heavy (non-hydrogen) atoms. The van der Waals surface area contributed by atoms with Gasteiger partial charge in [0.1, 0.15) is 11.9 Å². The molecule has 0 radical (unpaired) electrons. The summed E-state index contributed by atoms with van der Waals surface area (Å²) in [5, 5.41) is 11.2. The summed E-state index contributed by atoms with van der Waals surface area (Å²) in [7, 11) is 1.64. The van der Waals surface area contributed by atoms with E-state index in [-0.39, 0.29) is 18.6 Å². The molecule has 7 nitrogen and oxygen atoms in total. The smallest absolute Gasteiger partial charge is 0.278 e. The van der Waals surface area contributed by atoms with Crippen molar-refractivity contribution < 1.29 is 14.3 Å². The molecule has 150 valence electrons. The van der Waals surface area contributed by atoms with Crippen LogP contribution in [0.25, 0.3) is 0 Å². The van der Waals surface area contributed by atoms with Gasteiger partial charge in [-0.05, 0) is 41.3 Å². The van der Waals surface area contributed by atoms with E-state index in [0.29, 0.717) is 23.9 Å². The zero-order chi connectivity index (χ0) is 20.4. The molecule has 2 heterocycles. The molecule has 3 aromatic rings. The van der Waals surface area contributed by atoms with E-state index in [1.807, 2.05) is 48.5 Å². The van der Waals surface area contributed by atoms with Gasteiger partial charge >= 0.3 is 0 Å². The maximum atomic E-state index is 12.7. The number of carbonyl (C=O) groups excluding carboxylic acids is 1. The number of carbonyl (C=O) groups is 1. The van der Waals surface area contributed by atoms with Gasteiger partial charge in [0.2, 0.25) is 0 Å². The van der Waals surface area contributed by atoms with E-state index in [1.165, 1.54) is 5.56 Å². The van der Waals surface area contributed by atoms with Crippen molar-refractivity contribution in [1.29, 1.82) is 0 Å². The fraction of sp³-hybridized carbons (Fsp3) is 0.318. The van der Waals surface area contributed by atoms with Gasteiger partial charge in [-0.2, -0.15) is 0 Å². The van der Waals surface area contributed by atoms with Crippen LogP contribution in [0, 0.1) is 0 Å². The molecular weight excluding hydrogens is 368 g/mol. The highest BCUT2D eigenvalue weighted by atomic mass is 16.5. The van der Waals surface area contributed by atoms with Gasteiger partial charge in [0, 0.05) is 5.69 Å². The largest absolute Gasteiger partial charge is 0.497 e. The first-order chi connectivity index (χ1) is 14.0. The van der Waals surface area contributed by atoms with Crippen molar-refractivity contribution in [3.63, 3.8) is 0 Å². The van der Waals surface area contributed by atoms with Crippen molar-refractivity contribution >= 4 is 11.6 Å². The van der Waals surface area contributed by atoms with Gasteiger partial charge in [0.05, 0.1) is 26.0 Å². The van der Waals surface area contributed by atoms with Crippen molar-refractivity contribution in [1.82, 2.24) is 15.0 Å². The second-order valence-corrected chi connectivity index (χ2v) is 7.37. The Bertz CT molecular complexity index is 994. The monoisotopic (exact) mass is 392 g/mol. The number of rotatable bonds is 5. The highest BCUT2D eigenvalue weighted by Crippen LogP contribution is 2.28. The Hall–Kier alpha value is -3.19. The minimum absolute atomic E-state index is 0.144. The fourth-order valence-electron chi connectivity index (χ4n) is 3.35. The Balaban J connectivity index is 1.46. The van der Waals surface area contributed by atoms with E-state index in [1.54, 1.807) is 11.8 Å². The lowest BCUT2D eigenvalue weighted by Crippen LogP contribution is -2.24. The van der Waals surface area contributed by atoms with Gasteiger partial charge < -0.3 is 14.8 Å². The van der Waals surface area contributed by atoms with Gasteiger partial charge in [0.15, 0.2) is 5.69 Å². The number of hydrogen-bond acceptors (Lipinski definition) is 5. The molecule has 1 N–H and O–H groups in total. The number of aromatic nitrogens is 3. The number of methoxy groups -OCH3 is 1. The van der Waals surface area contributed by atoms with E-state index >= 15 is 0 Å². The summed E-state index contributed by atoms with van der Waals surface area (Å²) in [4.78, 5) is 12.7. The maximum Gasteiger partial charge on any atom is 0.278 e. The van der Waals surface area contributed by atoms with Gasteiger partial charge in [-0.25, -0.2) is 4.68 Å². The second kappa shape index (κ2) is 8.05. The Labute approximate surface area is 169 Å². The molecule has 0 spiro atoms. The molecule has 7 heteroatoms. The van der Waals surface area contributed by atoms with Crippen LogP contribution in [0.1, 0.15) is 53.2 Å². The third-order valence-electron chi connectivity index (χ3n) is 5.14. The molecule has 1 amide bonds. The van der Waals surface area contributed by atoms with E-state index in [2.05, 4.69) is 29.5 Å². The minimum atomic E-state index is -0.282. The molecule has 0 fully saturated rings. The molecule has 0 saturated heterocycles. The average molecular weight is 392 g/mol. The highest BCUT2D eigenvalue weighted by molar-refractivity contribution is 6.03. The third kappa shape index (κ3) is 4.00. The predicted octanol–water partition coefficient (Wildman–Crippen LogP) is 3.93. The zero-order valence-electron chi connectivity index (χ0n) is 16.8. The third-order valence-corrected chi connectivity index (χ3v) is 5.14. The Morgan fingerprint density at radius 2 is 1.90 bits per heavy atom. The van der Waals surface area contributed by atoms with Crippen molar-refractivity contribution in [2.24, 2.45) is 0 Å². The number of nitrogens with one attached hydrogen (secondary N) is 1. The van der Waals surface area contributed by atoms with Crippen LogP contribution in [0.5, 0.6) is 5.75 Å². The first-order valence-corrected chi connectivity index (χ1v) is 9.64. The number of nitrogens with zero attached hydrogens (tertiary/aromatic N) is 3. The van der Waals surface area contributed by atoms with Gasteiger partial charge in [-0.15, -0.1) is 5.10 Å². The Morgan fingerprint density at radius 3 is 2.55 bits per heavy atom. The molecule has 2 aromatic carbocycles.